The molecule has 0 saturated carbocycles. The molecule has 132 valence electrons. The molecule has 3 aromatic rings. The Morgan fingerprint density at radius 2 is 1.77 bits per heavy atom. The van der Waals surface area contributed by atoms with Crippen LogP contribution in [0.2, 0.25) is 0 Å². The molecule has 1 amide bonds. The minimum absolute atomic E-state index is 0.190. The van der Waals surface area contributed by atoms with Gasteiger partial charge in [-0.1, -0.05) is 0 Å². The van der Waals surface area contributed by atoms with E-state index in [2.05, 4.69) is 20.8 Å². The largest absolute Gasteiger partial charge is 0.462 e. The maximum absolute atomic E-state index is 11.9. The minimum Gasteiger partial charge on any atom is -0.462 e. The van der Waals surface area contributed by atoms with Crippen LogP contribution in [0.25, 0.3) is 0 Å². The molecular weight excluding hydrogens is 336 g/mol. The molecular formula is C18H16N4O4. The second-order valence-electron chi connectivity index (χ2n) is 5.16. The summed E-state index contributed by atoms with van der Waals surface area (Å²) in [6, 6.07) is 13.3. The second kappa shape index (κ2) is 7.93. The Morgan fingerprint density at radius 1 is 1.04 bits per heavy atom. The zero-order chi connectivity index (χ0) is 18.4. The van der Waals surface area contributed by atoms with Crippen molar-refractivity contribution in [1.29, 1.82) is 0 Å². The molecule has 8 nitrogen and oxygen atoms in total. The Hall–Kier alpha value is -3.68. The van der Waals surface area contributed by atoms with E-state index in [1.165, 1.54) is 6.26 Å². The molecule has 8 heteroatoms. The maximum atomic E-state index is 11.9. The Morgan fingerprint density at radius 3 is 2.38 bits per heavy atom. The molecule has 0 bridgehead atoms. The van der Waals surface area contributed by atoms with Gasteiger partial charge in [-0.05, 0) is 55.5 Å². The molecule has 1 aromatic carbocycles. The van der Waals surface area contributed by atoms with Crippen molar-refractivity contribution in [3.8, 4) is 0 Å². The van der Waals surface area contributed by atoms with Crippen LogP contribution in [-0.4, -0.2) is 28.7 Å². The number of esters is 1. The monoisotopic (exact) mass is 352 g/mol. The highest BCUT2D eigenvalue weighted by molar-refractivity contribution is 6.01. The van der Waals surface area contributed by atoms with E-state index in [9.17, 15) is 9.59 Å². The van der Waals surface area contributed by atoms with Crippen LogP contribution >= 0.6 is 0 Å². The smallest absolute Gasteiger partial charge is 0.338 e. The number of nitrogens with one attached hydrogen (secondary N) is 2. The van der Waals surface area contributed by atoms with Crippen LogP contribution in [0.3, 0.4) is 0 Å². The minimum atomic E-state index is -0.403. The molecule has 2 aromatic heterocycles. The molecule has 2 N–H and O–H groups in total. The third-order valence-corrected chi connectivity index (χ3v) is 3.32. The van der Waals surface area contributed by atoms with E-state index in [-0.39, 0.29) is 11.7 Å². The molecule has 0 saturated heterocycles. The van der Waals surface area contributed by atoms with Gasteiger partial charge < -0.3 is 19.8 Å². The molecule has 0 spiro atoms. The molecule has 3 rings (SSSR count). The Kier molecular flexibility index (Phi) is 5.23. The van der Waals surface area contributed by atoms with Crippen LogP contribution in [0, 0.1) is 0 Å². The first kappa shape index (κ1) is 17.2. The first-order valence-electron chi connectivity index (χ1n) is 7.88. The number of furan rings is 1. The lowest BCUT2D eigenvalue weighted by atomic mass is 10.2. The van der Waals surface area contributed by atoms with E-state index in [1.807, 2.05) is 0 Å². The van der Waals surface area contributed by atoms with Crippen LogP contribution < -0.4 is 10.6 Å². The van der Waals surface area contributed by atoms with Gasteiger partial charge in [-0.2, -0.15) is 0 Å². The first-order chi connectivity index (χ1) is 12.7. The predicted molar refractivity (Wildman–Crippen MR) is 94.4 cm³/mol. The molecule has 26 heavy (non-hydrogen) atoms. The van der Waals surface area contributed by atoms with Gasteiger partial charge in [0.25, 0.3) is 5.91 Å². The molecule has 0 aliphatic carbocycles. The van der Waals surface area contributed by atoms with Crippen molar-refractivity contribution >= 4 is 29.2 Å². The lowest BCUT2D eigenvalue weighted by Gasteiger charge is -2.07. The topological polar surface area (TPSA) is 106 Å². The third-order valence-electron chi connectivity index (χ3n) is 3.32. The van der Waals surface area contributed by atoms with Gasteiger partial charge in [0.1, 0.15) is 0 Å². The molecule has 0 aliphatic heterocycles. The van der Waals surface area contributed by atoms with E-state index >= 15 is 0 Å². The summed E-state index contributed by atoms with van der Waals surface area (Å²) in [4.78, 5) is 23.5. The Balaban J connectivity index is 1.60. The average Bonchev–Trinajstić information content (AvgIpc) is 3.19. The number of anilines is 3. The van der Waals surface area contributed by atoms with Gasteiger partial charge in [-0.25, -0.2) is 4.79 Å². The van der Waals surface area contributed by atoms with Gasteiger partial charge >= 0.3 is 5.97 Å². The number of benzene rings is 1. The van der Waals surface area contributed by atoms with Crippen LogP contribution in [0.5, 0.6) is 0 Å². The van der Waals surface area contributed by atoms with Crippen molar-refractivity contribution in [3.05, 3.63) is 66.1 Å². The fourth-order valence-electron chi connectivity index (χ4n) is 2.10. The second-order valence-corrected chi connectivity index (χ2v) is 5.16. The van der Waals surface area contributed by atoms with E-state index in [4.69, 9.17) is 9.15 Å². The number of nitrogens with zero attached hydrogens (tertiary/aromatic N) is 2. The van der Waals surface area contributed by atoms with Crippen molar-refractivity contribution < 1.29 is 18.7 Å². The van der Waals surface area contributed by atoms with Crippen LogP contribution in [0.4, 0.5) is 17.3 Å². The average molecular weight is 352 g/mol. The van der Waals surface area contributed by atoms with Crippen molar-refractivity contribution in [1.82, 2.24) is 10.2 Å². The molecule has 0 unspecified atom stereocenters. The standard InChI is InChI=1S/C18H16N4O4/c1-2-25-18(24)12-5-7-13(8-6-12)19-15-9-10-16(22-21-15)20-17(23)14-4-3-11-26-14/h3-11H,2H2,1H3,(H,19,21)(H,20,22,23). The summed E-state index contributed by atoms with van der Waals surface area (Å²) < 4.78 is 9.94. The highest BCUT2D eigenvalue weighted by Crippen LogP contribution is 2.16. The van der Waals surface area contributed by atoms with E-state index in [0.717, 1.165) is 5.69 Å². The first-order valence-corrected chi connectivity index (χ1v) is 7.88. The van der Waals surface area contributed by atoms with Crippen molar-refractivity contribution in [2.75, 3.05) is 17.2 Å². The van der Waals surface area contributed by atoms with Gasteiger partial charge in [0.05, 0.1) is 18.4 Å². The van der Waals surface area contributed by atoms with E-state index < -0.39 is 5.91 Å². The maximum Gasteiger partial charge on any atom is 0.338 e. The summed E-state index contributed by atoms with van der Waals surface area (Å²) in [5, 5.41) is 13.6. The number of carbonyl (C=O) groups is 2. The number of ether oxygens (including phenoxy) is 1. The van der Waals surface area contributed by atoms with Crippen molar-refractivity contribution in [2.24, 2.45) is 0 Å². The highest BCUT2D eigenvalue weighted by atomic mass is 16.5. The number of hydrogen-bond acceptors (Lipinski definition) is 7. The normalized spacial score (nSPS) is 10.2. The third kappa shape index (κ3) is 4.23. The van der Waals surface area contributed by atoms with Crippen LogP contribution in [0.15, 0.2) is 59.2 Å². The molecule has 0 aliphatic rings. The summed E-state index contributed by atoms with van der Waals surface area (Å²) in [5.74, 6) is 0.213. The fraction of sp³-hybridized carbons (Fsp3) is 0.111. The van der Waals surface area contributed by atoms with Crippen molar-refractivity contribution in [3.63, 3.8) is 0 Å². The summed E-state index contributed by atoms with van der Waals surface area (Å²) in [6.45, 7) is 2.09. The van der Waals surface area contributed by atoms with Gasteiger partial charge in [0.2, 0.25) is 0 Å². The lowest BCUT2D eigenvalue weighted by molar-refractivity contribution is 0.0526. The Bertz CT molecular complexity index is 875. The van der Waals surface area contributed by atoms with Gasteiger partial charge in [0.15, 0.2) is 17.4 Å². The number of hydrogen-bond donors (Lipinski definition) is 2. The molecule has 0 radical (unpaired) electrons. The van der Waals surface area contributed by atoms with E-state index in [1.54, 1.807) is 55.5 Å². The zero-order valence-corrected chi connectivity index (χ0v) is 13.9. The lowest BCUT2D eigenvalue weighted by Crippen LogP contribution is -2.12. The Labute approximate surface area is 149 Å². The van der Waals surface area contributed by atoms with Crippen molar-refractivity contribution in [2.45, 2.75) is 6.92 Å². The van der Waals surface area contributed by atoms with Crippen LogP contribution in [0.1, 0.15) is 27.8 Å². The number of aromatic nitrogens is 2. The SMILES string of the molecule is CCOC(=O)c1ccc(Nc2ccc(NC(=O)c3ccco3)nn2)cc1. The summed E-state index contributed by atoms with van der Waals surface area (Å²) in [7, 11) is 0. The molecule has 0 fully saturated rings. The van der Waals surface area contributed by atoms with Gasteiger partial charge in [-0.15, -0.1) is 10.2 Å². The number of rotatable bonds is 6. The summed E-state index contributed by atoms with van der Waals surface area (Å²) >= 11 is 0. The molecule has 0 atom stereocenters. The predicted octanol–water partition coefficient (Wildman–Crippen LogP) is 3.24. The molecule has 2 heterocycles. The quantitative estimate of drug-likeness (QED) is 0.656. The zero-order valence-electron chi connectivity index (χ0n) is 13.9. The van der Waals surface area contributed by atoms with E-state index in [0.29, 0.717) is 23.8 Å². The number of amides is 1. The van der Waals surface area contributed by atoms with Crippen LogP contribution in [-0.2, 0) is 4.74 Å². The number of carbonyl (C=O) groups excluding carboxylic acids is 2. The fourth-order valence-corrected chi connectivity index (χ4v) is 2.10. The summed E-state index contributed by atoms with van der Waals surface area (Å²) in [6.07, 6.45) is 1.42. The van der Waals surface area contributed by atoms with Gasteiger partial charge in [0, 0.05) is 5.69 Å². The highest BCUT2D eigenvalue weighted by Gasteiger charge is 2.10. The van der Waals surface area contributed by atoms with Gasteiger partial charge in [-0.3, -0.25) is 4.79 Å². The summed E-state index contributed by atoms with van der Waals surface area (Å²) in [5.41, 5.74) is 1.21.